The lowest BCUT2D eigenvalue weighted by atomic mass is 10.0. The largest absolute Gasteiger partial charge is 0.418 e. The highest BCUT2D eigenvalue weighted by atomic mass is 19.4. The van der Waals surface area contributed by atoms with Gasteiger partial charge in [0.1, 0.15) is 0 Å². The number of nitrogens with two attached hydrogens (primary N) is 1. The molecule has 2 aromatic rings. The Bertz CT molecular complexity index is 1130. The number of amides is 2. The molecule has 3 aliphatic rings. The highest BCUT2D eigenvalue weighted by Gasteiger charge is 2.44. The number of carbonyl (C=O) groups excluding carboxylic acids is 2. The van der Waals surface area contributed by atoms with Crippen LogP contribution in [0.1, 0.15) is 47.2 Å². The van der Waals surface area contributed by atoms with E-state index >= 15 is 0 Å². The fourth-order valence-corrected chi connectivity index (χ4v) is 6.04. The van der Waals surface area contributed by atoms with Crippen molar-refractivity contribution in [3.05, 3.63) is 47.3 Å². The number of likely N-dealkylation sites (tertiary alicyclic amines) is 1. The van der Waals surface area contributed by atoms with Gasteiger partial charge in [0.05, 0.1) is 17.3 Å². The number of hydrogen-bond acceptors (Lipinski definition) is 5. The van der Waals surface area contributed by atoms with Crippen LogP contribution in [0.2, 0.25) is 0 Å². The summed E-state index contributed by atoms with van der Waals surface area (Å²) in [5.74, 6) is 0.0968. The van der Waals surface area contributed by atoms with Crippen LogP contribution in [0.4, 0.5) is 23.7 Å². The quantitative estimate of drug-likeness (QED) is 0.675. The standard InChI is InChI=1S/C25H31F3N6O2/c1-31(12-16-4-5-21(25(26,27)28)22(8-16)32-6-2-3-7-32)20-9-17-13-33(14-18(17)10-20)24(36)34-15-19(11-30-34)23(29)35/h4-5,8,11,15,17-18,20H,2-3,6-7,9-10,12-14H2,1H3,(H2,29,35)/t17-,18+,20-. The summed E-state index contributed by atoms with van der Waals surface area (Å²) in [5.41, 5.74) is 6.05. The molecule has 0 unspecified atom stereocenters. The number of anilines is 1. The highest BCUT2D eigenvalue weighted by molar-refractivity contribution is 5.93. The number of fused-ring (bicyclic) bond motifs is 1. The van der Waals surface area contributed by atoms with Gasteiger partial charge in [-0.2, -0.15) is 23.0 Å². The summed E-state index contributed by atoms with van der Waals surface area (Å²) in [4.78, 5) is 29.9. The fourth-order valence-electron chi connectivity index (χ4n) is 6.04. The molecule has 11 heteroatoms. The molecular weight excluding hydrogens is 473 g/mol. The zero-order valence-corrected chi connectivity index (χ0v) is 20.2. The molecule has 0 spiro atoms. The average molecular weight is 505 g/mol. The summed E-state index contributed by atoms with van der Waals surface area (Å²) in [6.07, 6.45) is 1.96. The second kappa shape index (κ2) is 9.42. The van der Waals surface area contributed by atoms with Gasteiger partial charge in [0.15, 0.2) is 0 Å². The van der Waals surface area contributed by atoms with Gasteiger partial charge in [0, 0.05) is 50.6 Å². The summed E-state index contributed by atoms with van der Waals surface area (Å²) in [7, 11) is 2.02. The molecule has 1 saturated carbocycles. The molecule has 3 fully saturated rings. The number of benzene rings is 1. The first-order valence-corrected chi connectivity index (χ1v) is 12.4. The van der Waals surface area contributed by atoms with E-state index < -0.39 is 17.6 Å². The van der Waals surface area contributed by atoms with E-state index in [0.29, 0.717) is 56.3 Å². The maximum atomic E-state index is 13.6. The first kappa shape index (κ1) is 24.6. The third-order valence-corrected chi connectivity index (χ3v) is 7.93. The Balaban J connectivity index is 1.21. The number of alkyl halides is 3. The van der Waals surface area contributed by atoms with E-state index in [4.69, 9.17) is 5.73 Å². The Morgan fingerprint density at radius 3 is 2.39 bits per heavy atom. The third-order valence-electron chi connectivity index (χ3n) is 7.93. The van der Waals surface area contributed by atoms with Gasteiger partial charge in [0.2, 0.25) is 0 Å². The molecule has 5 rings (SSSR count). The van der Waals surface area contributed by atoms with Crippen LogP contribution in [-0.4, -0.2) is 70.8 Å². The van der Waals surface area contributed by atoms with Crippen LogP contribution in [0.15, 0.2) is 30.6 Å². The Morgan fingerprint density at radius 1 is 1.14 bits per heavy atom. The predicted molar refractivity (Wildman–Crippen MR) is 127 cm³/mol. The number of primary amides is 1. The van der Waals surface area contributed by atoms with Gasteiger partial charge in [-0.15, -0.1) is 0 Å². The summed E-state index contributed by atoms with van der Waals surface area (Å²) in [5, 5.41) is 3.97. The normalized spacial score (nSPS) is 24.1. The van der Waals surface area contributed by atoms with Gasteiger partial charge < -0.3 is 15.5 Å². The van der Waals surface area contributed by atoms with Crippen LogP contribution in [0.25, 0.3) is 0 Å². The third kappa shape index (κ3) is 4.80. The number of aromatic nitrogens is 2. The predicted octanol–water partition coefficient (Wildman–Crippen LogP) is 3.41. The van der Waals surface area contributed by atoms with Crippen molar-refractivity contribution in [1.82, 2.24) is 19.6 Å². The van der Waals surface area contributed by atoms with Crippen molar-refractivity contribution in [3.63, 3.8) is 0 Å². The van der Waals surface area contributed by atoms with Gasteiger partial charge >= 0.3 is 12.2 Å². The summed E-state index contributed by atoms with van der Waals surface area (Å²) >= 11 is 0. The minimum atomic E-state index is -4.37. The maximum absolute atomic E-state index is 13.6. The van der Waals surface area contributed by atoms with Crippen molar-refractivity contribution in [2.75, 3.05) is 38.1 Å². The van der Waals surface area contributed by atoms with Crippen molar-refractivity contribution in [1.29, 1.82) is 0 Å². The number of nitrogens with zero attached hydrogens (tertiary/aromatic N) is 5. The van der Waals surface area contributed by atoms with E-state index in [-0.39, 0.29) is 11.6 Å². The number of carbonyl (C=O) groups is 2. The second-order valence-electron chi connectivity index (χ2n) is 10.3. The molecule has 3 atom stereocenters. The van der Waals surface area contributed by atoms with Gasteiger partial charge in [-0.25, -0.2) is 4.79 Å². The van der Waals surface area contributed by atoms with Gasteiger partial charge in [-0.3, -0.25) is 9.69 Å². The zero-order chi connectivity index (χ0) is 25.6. The van der Waals surface area contributed by atoms with Crippen molar-refractivity contribution in [3.8, 4) is 0 Å². The van der Waals surface area contributed by atoms with Crippen molar-refractivity contribution in [2.24, 2.45) is 17.6 Å². The van der Waals surface area contributed by atoms with Crippen LogP contribution < -0.4 is 10.6 Å². The van der Waals surface area contributed by atoms with Crippen LogP contribution >= 0.6 is 0 Å². The first-order valence-electron chi connectivity index (χ1n) is 12.4. The Morgan fingerprint density at radius 2 is 1.81 bits per heavy atom. The molecule has 8 nitrogen and oxygen atoms in total. The van der Waals surface area contributed by atoms with Crippen molar-refractivity contribution >= 4 is 17.6 Å². The molecule has 1 aromatic carbocycles. The minimum Gasteiger partial charge on any atom is -0.371 e. The molecule has 194 valence electrons. The van der Waals surface area contributed by atoms with E-state index in [1.807, 2.05) is 11.9 Å². The second-order valence-corrected chi connectivity index (χ2v) is 10.3. The van der Waals surface area contributed by atoms with E-state index in [2.05, 4.69) is 10.00 Å². The van der Waals surface area contributed by atoms with E-state index in [0.717, 1.165) is 35.9 Å². The molecule has 0 radical (unpaired) electrons. The monoisotopic (exact) mass is 504 g/mol. The first-order chi connectivity index (χ1) is 17.1. The molecule has 2 saturated heterocycles. The SMILES string of the molecule is CN(Cc1ccc(C(F)(F)F)c(N2CCCC2)c1)[C@@H]1C[C@@H]2CN(C(=O)n3cc(C(N)=O)cn3)C[C@@H]2C1. The Kier molecular flexibility index (Phi) is 6.44. The smallest absolute Gasteiger partial charge is 0.371 e. The molecule has 2 amide bonds. The van der Waals surface area contributed by atoms with Crippen LogP contribution in [-0.2, 0) is 12.7 Å². The molecular formula is C25H31F3N6O2. The number of halogens is 3. The van der Waals surface area contributed by atoms with Gasteiger partial charge in [-0.1, -0.05) is 6.07 Å². The lowest BCUT2D eigenvalue weighted by Gasteiger charge is -2.28. The lowest BCUT2D eigenvalue weighted by Crippen LogP contribution is -2.36. The van der Waals surface area contributed by atoms with Gasteiger partial charge in [0.25, 0.3) is 5.91 Å². The molecule has 2 aliphatic heterocycles. The van der Waals surface area contributed by atoms with Crippen LogP contribution in [0, 0.1) is 11.8 Å². The lowest BCUT2D eigenvalue weighted by molar-refractivity contribution is -0.137. The summed E-state index contributed by atoms with van der Waals surface area (Å²) < 4.78 is 42.0. The molecule has 3 heterocycles. The average Bonchev–Trinajstić information content (AvgIpc) is 3.61. The maximum Gasteiger partial charge on any atom is 0.418 e. The van der Waals surface area contributed by atoms with Crippen molar-refractivity contribution in [2.45, 2.75) is 44.4 Å². The molecule has 1 aliphatic carbocycles. The van der Waals surface area contributed by atoms with Crippen LogP contribution in [0.3, 0.4) is 0 Å². The highest BCUT2D eigenvalue weighted by Crippen LogP contribution is 2.41. The topological polar surface area (TPSA) is 87.7 Å². The summed E-state index contributed by atoms with van der Waals surface area (Å²) in [6, 6.07) is 4.58. The van der Waals surface area contributed by atoms with E-state index in [1.165, 1.54) is 18.5 Å². The zero-order valence-electron chi connectivity index (χ0n) is 20.2. The number of rotatable bonds is 5. The molecule has 36 heavy (non-hydrogen) atoms. The summed E-state index contributed by atoms with van der Waals surface area (Å²) in [6.45, 7) is 3.14. The van der Waals surface area contributed by atoms with E-state index in [9.17, 15) is 22.8 Å². The van der Waals surface area contributed by atoms with E-state index in [1.54, 1.807) is 17.0 Å². The molecule has 0 bridgehead atoms. The Hall–Kier alpha value is -3.08. The molecule has 1 aromatic heterocycles. The minimum absolute atomic E-state index is 0.195. The Labute approximate surface area is 207 Å². The number of hydrogen-bond donors (Lipinski definition) is 1. The van der Waals surface area contributed by atoms with Gasteiger partial charge in [-0.05, 0) is 62.3 Å². The fraction of sp³-hybridized carbons (Fsp3) is 0.560. The molecule has 2 N–H and O–H groups in total. The van der Waals surface area contributed by atoms with Crippen molar-refractivity contribution < 1.29 is 22.8 Å². The van der Waals surface area contributed by atoms with Crippen LogP contribution in [0.5, 0.6) is 0 Å².